The van der Waals surface area contributed by atoms with E-state index in [1.165, 1.54) is 26.0 Å². The number of hydrogen-bond acceptors (Lipinski definition) is 3. The average molecular weight is 391 g/mol. The minimum absolute atomic E-state index is 0.314. The van der Waals surface area contributed by atoms with E-state index >= 15 is 0 Å². The van der Waals surface area contributed by atoms with Gasteiger partial charge in [0.15, 0.2) is 0 Å². The van der Waals surface area contributed by atoms with E-state index in [1.807, 2.05) is 35.7 Å². The van der Waals surface area contributed by atoms with Gasteiger partial charge < -0.3 is 4.74 Å². The first kappa shape index (κ1) is 17.6. The van der Waals surface area contributed by atoms with Crippen molar-refractivity contribution in [3.8, 4) is 5.75 Å². The summed E-state index contributed by atoms with van der Waals surface area (Å²) in [6.45, 7) is 0. The van der Waals surface area contributed by atoms with Crippen molar-refractivity contribution in [1.82, 2.24) is 0 Å². The lowest BCUT2D eigenvalue weighted by Gasteiger charge is -2.23. The molecule has 4 aromatic rings. The van der Waals surface area contributed by atoms with E-state index < -0.39 is 10.9 Å². The number of thiophene rings is 1. The Hall–Kier alpha value is -2.82. The smallest absolute Gasteiger partial charge is 0.353 e. The second-order valence-corrected chi connectivity index (χ2v) is 9.03. The molecule has 0 aliphatic heterocycles. The molecule has 0 aliphatic carbocycles. The second kappa shape index (κ2) is 8.25. The van der Waals surface area contributed by atoms with Gasteiger partial charge in [-0.15, -0.1) is 11.3 Å². The molecule has 0 atom stereocenters. The highest BCUT2D eigenvalue weighted by atomic mass is 32.2. The lowest BCUT2D eigenvalue weighted by atomic mass is 10.3. The molecule has 0 N–H and O–H groups in total. The summed E-state index contributed by atoms with van der Waals surface area (Å²) in [5.74, 6) is 0.249. The van der Waals surface area contributed by atoms with Gasteiger partial charge in [0.1, 0.15) is 10.6 Å². The van der Waals surface area contributed by atoms with Crippen molar-refractivity contribution in [2.45, 2.75) is 14.7 Å². The Morgan fingerprint density at radius 2 is 1.22 bits per heavy atom. The minimum Gasteiger partial charge on any atom is -0.422 e. The summed E-state index contributed by atoms with van der Waals surface area (Å²) < 4.78 is 5.48. The summed E-state index contributed by atoms with van der Waals surface area (Å²) in [5, 5.41) is 1.87. The van der Waals surface area contributed by atoms with Crippen LogP contribution in [0.5, 0.6) is 5.75 Å². The fourth-order valence-electron chi connectivity index (χ4n) is 2.82. The molecule has 0 saturated carbocycles. The molecule has 2 nitrogen and oxygen atoms in total. The quantitative estimate of drug-likeness (QED) is 0.241. The van der Waals surface area contributed by atoms with Crippen LogP contribution in [0.2, 0.25) is 0 Å². The Morgan fingerprint density at radius 1 is 0.667 bits per heavy atom. The summed E-state index contributed by atoms with van der Waals surface area (Å²) in [6.07, 6.45) is 0. The number of benzene rings is 3. The molecule has 1 aromatic heterocycles. The van der Waals surface area contributed by atoms with Crippen molar-refractivity contribution in [3.05, 3.63) is 107 Å². The van der Waals surface area contributed by atoms with E-state index in [1.54, 1.807) is 6.07 Å². The summed E-state index contributed by atoms with van der Waals surface area (Å²) in [6, 6.07) is 32.5. The largest absolute Gasteiger partial charge is 0.422 e. The van der Waals surface area contributed by atoms with Crippen molar-refractivity contribution in [1.29, 1.82) is 0 Å². The van der Waals surface area contributed by atoms with Crippen LogP contribution < -0.4 is 4.74 Å². The van der Waals surface area contributed by atoms with Crippen LogP contribution in [0.3, 0.4) is 0 Å². The van der Waals surface area contributed by atoms with Gasteiger partial charge in [-0.1, -0.05) is 42.5 Å². The Bertz CT molecular complexity index is 956. The predicted octanol–water partition coefficient (Wildman–Crippen LogP) is 6.45. The van der Waals surface area contributed by atoms with Crippen molar-refractivity contribution in [3.63, 3.8) is 0 Å². The highest BCUT2D eigenvalue weighted by Gasteiger charge is 2.14. The minimum atomic E-state index is -0.653. The Labute approximate surface area is 165 Å². The Morgan fingerprint density at radius 3 is 1.74 bits per heavy atom. The van der Waals surface area contributed by atoms with Crippen LogP contribution in [0, 0.1) is 0 Å². The molecule has 0 radical (unpaired) electrons. The number of thiol groups is 1. The fraction of sp³-hybridized carbons (Fsp3) is 0. The van der Waals surface area contributed by atoms with Gasteiger partial charge in [-0.2, -0.15) is 10.9 Å². The normalized spacial score (nSPS) is 11.0. The van der Waals surface area contributed by atoms with Gasteiger partial charge in [0, 0.05) is 0 Å². The van der Waals surface area contributed by atoms with Crippen molar-refractivity contribution >= 4 is 28.2 Å². The molecule has 0 amide bonds. The number of ether oxygens (including phenoxy) is 1. The standard InChI is InChI=1S/C23H18O2S2/c24-23(22-12-7-17-26-22)25-18-13-15-21(16-14-18)27(19-8-3-1-4-9-19)20-10-5-2-6-11-20/h1-17,27H. The highest BCUT2D eigenvalue weighted by Crippen LogP contribution is 2.51. The first-order chi connectivity index (χ1) is 13.3. The van der Waals surface area contributed by atoms with Gasteiger partial charge in [-0.05, 0) is 74.7 Å². The molecule has 0 unspecified atom stereocenters. The van der Waals surface area contributed by atoms with Crippen LogP contribution in [-0.2, 0) is 0 Å². The lowest BCUT2D eigenvalue weighted by Crippen LogP contribution is -2.06. The van der Waals surface area contributed by atoms with Crippen molar-refractivity contribution < 1.29 is 9.53 Å². The Kier molecular flexibility index (Phi) is 5.37. The Balaban J connectivity index is 1.62. The third-order valence-corrected chi connectivity index (χ3v) is 7.35. The van der Waals surface area contributed by atoms with Crippen molar-refractivity contribution in [2.24, 2.45) is 0 Å². The lowest BCUT2D eigenvalue weighted by molar-refractivity contribution is 0.0740. The molecule has 0 bridgehead atoms. The molecule has 0 saturated heterocycles. The van der Waals surface area contributed by atoms with Gasteiger partial charge >= 0.3 is 5.97 Å². The van der Waals surface area contributed by atoms with E-state index in [9.17, 15) is 4.79 Å². The molecule has 3 aromatic carbocycles. The number of carbonyl (C=O) groups excluding carboxylic acids is 1. The van der Waals surface area contributed by atoms with Crippen LogP contribution in [0.15, 0.2) is 117 Å². The summed E-state index contributed by atoms with van der Waals surface area (Å²) in [7, 11) is -0.653. The summed E-state index contributed by atoms with van der Waals surface area (Å²) in [4.78, 5) is 16.5. The third kappa shape index (κ3) is 4.13. The molecule has 0 spiro atoms. The van der Waals surface area contributed by atoms with Gasteiger partial charge in [-0.3, -0.25) is 0 Å². The zero-order valence-corrected chi connectivity index (χ0v) is 16.2. The molecule has 134 valence electrons. The average Bonchev–Trinajstić information content (AvgIpc) is 3.26. The molecule has 1 heterocycles. The molecule has 4 rings (SSSR count). The molecule has 0 aliphatic rings. The van der Waals surface area contributed by atoms with E-state index in [2.05, 4.69) is 60.7 Å². The fourth-order valence-corrected chi connectivity index (χ4v) is 5.70. The first-order valence-electron chi connectivity index (χ1n) is 8.57. The number of rotatable bonds is 5. The topological polar surface area (TPSA) is 26.3 Å². The van der Waals surface area contributed by atoms with E-state index in [4.69, 9.17) is 4.74 Å². The zero-order valence-electron chi connectivity index (χ0n) is 14.5. The molecule has 0 fully saturated rings. The zero-order chi connectivity index (χ0) is 18.5. The molecular weight excluding hydrogens is 372 g/mol. The maximum absolute atomic E-state index is 12.1. The highest BCUT2D eigenvalue weighted by molar-refractivity contribution is 8.17. The first-order valence-corrected chi connectivity index (χ1v) is 10.8. The van der Waals surface area contributed by atoms with Crippen LogP contribution in [0.4, 0.5) is 0 Å². The maximum atomic E-state index is 12.1. The molecule has 27 heavy (non-hydrogen) atoms. The number of carbonyl (C=O) groups is 1. The molecule has 4 heteroatoms. The summed E-state index contributed by atoms with van der Waals surface area (Å²) >= 11 is 1.38. The van der Waals surface area contributed by atoms with E-state index in [0.717, 1.165) is 0 Å². The van der Waals surface area contributed by atoms with Gasteiger partial charge in [-0.25, -0.2) is 4.79 Å². The monoisotopic (exact) mass is 390 g/mol. The molecular formula is C23H18O2S2. The van der Waals surface area contributed by atoms with E-state index in [-0.39, 0.29) is 5.97 Å². The van der Waals surface area contributed by atoms with Crippen LogP contribution in [0.25, 0.3) is 0 Å². The number of esters is 1. The number of hydrogen-bond donors (Lipinski definition) is 1. The van der Waals surface area contributed by atoms with Crippen LogP contribution in [0.1, 0.15) is 9.67 Å². The summed E-state index contributed by atoms with van der Waals surface area (Å²) in [5.41, 5.74) is 0. The SMILES string of the molecule is O=C(Oc1ccc([SH](c2ccccc2)c2ccccc2)cc1)c1cccs1. The van der Waals surface area contributed by atoms with Crippen LogP contribution in [-0.4, -0.2) is 5.97 Å². The van der Waals surface area contributed by atoms with E-state index in [0.29, 0.717) is 10.6 Å². The second-order valence-electron chi connectivity index (χ2n) is 5.87. The van der Waals surface area contributed by atoms with Crippen molar-refractivity contribution in [2.75, 3.05) is 0 Å². The van der Waals surface area contributed by atoms with Gasteiger partial charge in [0.2, 0.25) is 0 Å². The van der Waals surface area contributed by atoms with Gasteiger partial charge in [0.05, 0.1) is 0 Å². The third-order valence-electron chi connectivity index (χ3n) is 4.06. The van der Waals surface area contributed by atoms with Crippen LogP contribution >= 0.6 is 22.2 Å². The predicted molar refractivity (Wildman–Crippen MR) is 112 cm³/mol. The van der Waals surface area contributed by atoms with Gasteiger partial charge in [0.25, 0.3) is 0 Å². The maximum Gasteiger partial charge on any atom is 0.353 e.